The van der Waals surface area contributed by atoms with Gasteiger partial charge in [0.25, 0.3) is 5.91 Å². The number of hydrogen-bond donors (Lipinski definition) is 0. The van der Waals surface area contributed by atoms with E-state index >= 15 is 0 Å². The smallest absolute Gasteiger partial charge is 0.258 e. The lowest BCUT2D eigenvalue weighted by Gasteiger charge is -2.08. The third kappa shape index (κ3) is 2.01. The molecule has 0 fully saturated rings. The second-order valence-electron chi connectivity index (χ2n) is 4.58. The summed E-state index contributed by atoms with van der Waals surface area (Å²) in [5.74, 6) is -0.0396. The number of amides is 1. The van der Waals surface area contributed by atoms with Crippen molar-refractivity contribution in [3.05, 3.63) is 63.6 Å². The molecule has 0 saturated heterocycles. The van der Waals surface area contributed by atoms with Crippen LogP contribution in [-0.2, 0) is 4.79 Å². The van der Waals surface area contributed by atoms with Crippen molar-refractivity contribution in [2.45, 2.75) is 0 Å². The Bertz CT molecular complexity index is 737. The number of carbonyl (C=O) groups excluding carboxylic acids is 1. The van der Waals surface area contributed by atoms with Gasteiger partial charge in [-0.3, -0.25) is 4.79 Å². The molecule has 0 N–H and O–H groups in total. The zero-order valence-electron chi connectivity index (χ0n) is 10.7. The van der Waals surface area contributed by atoms with Crippen molar-refractivity contribution in [3.63, 3.8) is 0 Å². The predicted molar refractivity (Wildman–Crippen MR) is 84.2 cm³/mol. The van der Waals surface area contributed by atoms with E-state index in [1.165, 1.54) is 0 Å². The van der Waals surface area contributed by atoms with Gasteiger partial charge in [0.1, 0.15) is 0 Å². The standard InChI is InChI=1S/C16H11Cl2NO/c1-19-14-8-3-2-6-11(14)12(16(19)20)9-10-5-4-7-13(17)15(10)18/h2-9H,1H3/b12-9-. The van der Waals surface area contributed by atoms with Crippen molar-refractivity contribution < 1.29 is 4.79 Å². The summed E-state index contributed by atoms with van der Waals surface area (Å²) in [5.41, 5.74) is 3.19. The van der Waals surface area contributed by atoms with E-state index < -0.39 is 0 Å². The van der Waals surface area contributed by atoms with E-state index in [4.69, 9.17) is 23.2 Å². The molecule has 3 rings (SSSR count). The number of nitrogens with zero attached hydrogens (tertiary/aromatic N) is 1. The SMILES string of the molecule is CN1C(=O)/C(=C\c2cccc(Cl)c2Cl)c2ccccc21. The first kappa shape index (κ1) is 13.2. The van der Waals surface area contributed by atoms with Crippen LogP contribution in [0.2, 0.25) is 10.0 Å². The van der Waals surface area contributed by atoms with Gasteiger partial charge in [0.05, 0.1) is 15.7 Å². The molecule has 4 heteroatoms. The van der Waals surface area contributed by atoms with Gasteiger partial charge in [0, 0.05) is 18.2 Å². The van der Waals surface area contributed by atoms with Crippen LogP contribution in [0.4, 0.5) is 5.69 Å². The molecule has 0 bridgehead atoms. The van der Waals surface area contributed by atoms with Crippen molar-refractivity contribution in [3.8, 4) is 0 Å². The molecule has 0 atom stereocenters. The minimum atomic E-state index is -0.0396. The quantitative estimate of drug-likeness (QED) is 0.710. The molecule has 2 aromatic rings. The van der Waals surface area contributed by atoms with E-state index in [0.717, 1.165) is 16.8 Å². The highest BCUT2D eigenvalue weighted by atomic mass is 35.5. The van der Waals surface area contributed by atoms with Crippen LogP contribution in [0.25, 0.3) is 11.6 Å². The van der Waals surface area contributed by atoms with E-state index in [1.807, 2.05) is 36.4 Å². The number of carbonyl (C=O) groups is 1. The third-order valence-corrected chi connectivity index (χ3v) is 4.21. The molecule has 0 aliphatic carbocycles. The average molecular weight is 304 g/mol. The van der Waals surface area contributed by atoms with Gasteiger partial charge in [-0.25, -0.2) is 0 Å². The predicted octanol–water partition coefficient (Wildman–Crippen LogP) is 4.51. The van der Waals surface area contributed by atoms with Gasteiger partial charge in [0.15, 0.2) is 0 Å². The third-order valence-electron chi connectivity index (χ3n) is 3.37. The molecule has 1 aliphatic heterocycles. The summed E-state index contributed by atoms with van der Waals surface area (Å²) >= 11 is 12.2. The van der Waals surface area contributed by atoms with Gasteiger partial charge < -0.3 is 4.90 Å². The summed E-state index contributed by atoms with van der Waals surface area (Å²) in [6.07, 6.45) is 1.79. The lowest BCUT2D eigenvalue weighted by molar-refractivity contribution is -0.112. The van der Waals surface area contributed by atoms with E-state index in [2.05, 4.69) is 0 Å². The highest BCUT2D eigenvalue weighted by molar-refractivity contribution is 6.43. The highest BCUT2D eigenvalue weighted by Crippen LogP contribution is 2.38. The Hall–Kier alpha value is -1.77. The monoisotopic (exact) mass is 303 g/mol. The molecule has 0 unspecified atom stereocenters. The minimum absolute atomic E-state index is 0.0396. The largest absolute Gasteiger partial charge is 0.311 e. The van der Waals surface area contributed by atoms with Crippen molar-refractivity contribution >= 4 is 46.4 Å². The van der Waals surface area contributed by atoms with Gasteiger partial charge in [0.2, 0.25) is 0 Å². The molecule has 100 valence electrons. The fourth-order valence-electron chi connectivity index (χ4n) is 2.33. The minimum Gasteiger partial charge on any atom is -0.311 e. The van der Waals surface area contributed by atoms with Crippen LogP contribution in [0.15, 0.2) is 42.5 Å². The second-order valence-corrected chi connectivity index (χ2v) is 5.37. The van der Waals surface area contributed by atoms with Gasteiger partial charge >= 0.3 is 0 Å². The van der Waals surface area contributed by atoms with Crippen molar-refractivity contribution in [2.24, 2.45) is 0 Å². The number of benzene rings is 2. The summed E-state index contributed by atoms with van der Waals surface area (Å²) in [5, 5.41) is 0.939. The van der Waals surface area contributed by atoms with Crippen LogP contribution in [0.3, 0.4) is 0 Å². The molecule has 0 radical (unpaired) electrons. The number of fused-ring (bicyclic) bond motifs is 1. The van der Waals surface area contributed by atoms with E-state index in [1.54, 1.807) is 24.1 Å². The lowest BCUT2D eigenvalue weighted by Crippen LogP contribution is -2.20. The Balaban J connectivity index is 2.17. The van der Waals surface area contributed by atoms with Crippen LogP contribution in [0.1, 0.15) is 11.1 Å². The molecule has 0 spiro atoms. The number of anilines is 1. The van der Waals surface area contributed by atoms with Crippen molar-refractivity contribution in [2.75, 3.05) is 11.9 Å². The fourth-order valence-corrected chi connectivity index (χ4v) is 2.69. The maximum absolute atomic E-state index is 12.3. The maximum atomic E-state index is 12.3. The molecule has 0 saturated carbocycles. The molecule has 1 amide bonds. The normalized spacial score (nSPS) is 15.8. The number of likely N-dealkylation sites (N-methyl/N-ethyl adjacent to an activating group) is 1. The first-order valence-electron chi connectivity index (χ1n) is 6.13. The van der Waals surface area contributed by atoms with Crippen molar-refractivity contribution in [1.82, 2.24) is 0 Å². The summed E-state index contributed by atoms with van der Waals surface area (Å²) in [7, 11) is 1.77. The Labute approximate surface area is 127 Å². The van der Waals surface area contributed by atoms with Crippen LogP contribution in [-0.4, -0.2) is 13.0 Å². The fraction of sp³-hybridized carbons (Fsp3) is 0.0625. The van der Waals surface area contributed by atoms with Gasteiger partial charge in [-0.1, -0.05) is 53.5 Å². The topological polar surface area (TPSA) is 20.3 Å². The molecule has 0 aromatic heterocycles. The molecule has 2 aromatic carbocycles. The number of hydrogen-bond acceptors (Lipinski definition) is 1. The highest BCUT2D eigenvalue weighted by Gasteiger charge is 2.29. The van der Waals surface area contributed by atoms with E-state index in [9.17, 15) is 4.79 Å². The molecule has 1 heterocycles. The molecule has 1 aliphatic rings. The zero-order chi connectivity index (χ0) is 14.3. The number of para-hydroxylation sites is 1. The Morgan fingerprint density at radius 2 is 1.80 bits per heavy atom. The van der Waals surface area contributed by atoms with Crippen LogP contribution in [0, 0.1) is 0 Å². The lowest BCUT2D eigenvalue weighted by atomic mass is 10.0. The van der Waals surface area contributed by atoms with Crippen LogP contribution >= 0.6 is 23.2 Å². The van der Waals surface area contributed by atoms with E-state index in [-0.39, 0.29) is 5.91 Å². The number of rotatable bonds is 1. The van der Waals surface area contributed by atoms with Crippen LogP contribution < -0.4 is 4.90 Å². The van der Waals surface area contributed by atoms with E-state index in [0.29, 0.717) is 15.6 Å². The maximum Gasteiger partial charge on any atom is 0.258 e. The second kappa shape index (κ2) is 4.97. The van der Waals surface area contributed by atoms with Crippen molar-refractivity contribution in [1.29, 1.82) is 0 Å². The first-order valence-corrected chi connectivity index (χ1v) is 6.88. The molecular formula is C16H11Cl2NO. The number of halogens is 2. The van der Waals surface area contributed by atoms with Gasteiger partial charge in [-0.05, 0) is 23.8 Å². The van der Waals surface area contributed by atoms with Gasteiger partial charge in [-0.2, -0.15) is 0 Å². The Morgan fingerprint density at radius 1 is 1.05 bits per heavy atom. The summed E-state index contributed by atoms with van der Waals surface area (Å²) in [4.78, 5) is 14.0. The molecular weight excluding hydrogens is 293 g/mol. The summed E-state index contributed by atoms with van der Waals surface area (Å²) in [6.45, 7) is 0. The van der Waals surface area contributed by atoms with Gasteiger partial charge in [-0.15, -0.1) is 0 Å². The molecule has 20 heavy (non-hydrogen) atoms. The Morgan fingerprint density at radius 3 is 2.60 bits per heavy atom. The van der Waals surface area contributed by atoms with Crippen LogP contribution in [0.5, 0.6) is 0 Å². The first-order chi connectivity index (χ1) is 9.59. The Kier molecular flexibility index (Phi) is 3.28. The average Bonchev–Trinajstić information content (AvgIpc) is 2.69. The molecule has 2 nitrogen and oxygen atoms in total. The summed E-state index contributed by atoms with van der Waals surface area (Å²) < 4.78 is 0. The summed E-state index contributed by atoms with van der Waals surface area (Å²) in [6, 6.07) is 13.1. The zero-order valence-corrected chi connectivity index (χ0v) is 12.2.